The molecule has 1 N–H and O–H groups in total. The van der Waals surface area contributed by atoms with Gasteiger partial charge in [0, 0.05) is 0 Å². The Morgan fingerprint density at radius 2 is 2.00 bits per heavy atom. The van der Waals surface area contributed by atoms with Crippen LogP contribution in [-0.4, -0.2) is 11.2 Å². The van der Waals surface area contributed by atoms with Crippen molar-refractivity contribution >= 4 is 0 Å². The van der Waals surface area contributed by atoms with Crippen molar-refractivity contribution in [2.75, 3.05) is 0 Å². The molecule has 1 heteroatoms. The van der Waals surface area contributed by atoms with Gasteiger partial charge in [0.15, 0.2) is 0 Å². The molecule has 88 valence electrons. The number of rotatable bonds is 6. The normalized spacial score (nSPS) is 16.4. The number of hydrogen-bond donors (Lipinski definition) is 1. The fourth-order valence-corrected chi connectivity index (χ4v) is 1.89. The van der Waals surface area contributed by atoms with Crippen LogP contribution in [0.15, 0.2) is 43.0 Å². The smallest absolute Gasteiger partial charge is 0.0771 e. The van der Waals surface area contributed by atoms with Crippen LogP contribution in [0.25, 0.3) is 0 Å². The average Bonchev–Trinajstić information content (AvgIpc) is 2.36. The summed E-state index contributed by atoms with van der Waals surface area (Å²) in [7, 11) is 0. The SMILES string of the molecule is C=CC(O)[C@@](C)(CC)CCc1ccccc1. The Kier molecular flexibility index (Phi) is 4.75. The molecule has 0 aromatic heterocycles. The van der Waals surface area contributed by atoms with E-state index in [1.54, 1.807) is 6.08 Å². The van der Waals surface area contributed by atoms with Gasteiger partial charge < -0.3 is 5.11 Å². The quantitative estimate of drug-likeness (QED) is 0.724. The topological polar surface area (TPSA) is 20.2 Å². The molecule has 0 bridgehead atoms. The molecule has 2 atom stereocenters. The average molecular weight is 218 g/mol. The zero-order valence-electron chi connectivity index (χ0n) is 10.3. The molecule has 0 saturated carbocycles. The molecule has 1 nitrogen and oxygen atoms in total. The van der Waals surface area contributed by atoms with Crippen molar-refractivity contribution in [1.29, 1.82) is 0 Å². The van der Waals surface area contributed by atoms with Gasteiger partial charge in [-0.15, -0.1) is 6.58 Å². The summed E-state index contributed by atoms with van der Waals surface area (Å²) in [5, 5.41) is 9.94. The Bertz CT molecular complexity index is 317. The van der Waals surface area contributed by atoms with Gasteiger partial charge in [-0.25, -0.2) is 0 Å². The lowest BCUT2D eigenvalue weighted by atomic mass is 9.77. The zero-order chi connectivity index (χ0) is 12.0. The highest BCUT2D eigenvalue weighted by molar-refractivity contribution is 5.15. The van der Waals surface area contributed by atoms with Crippen LogP contribution in [0.4, 0.5) is 0 Å². The molecule has 1 unspecified atom stereocenters. The second-order valence-corrected chi connectivity index (χ2v) is 4.67. The number of aliphatic hydroxyl groups excluding tert-OH is 1. The van der Waals surface area contributed by atoms with Gasteiger partial charge in [-0.05, 0) is 30.2 Å². The minimum Gasteiger partial charge on any atom is -0.388 e. The van der Waals surface area contributed by atoms with E-state index in [0.29, 0.717) is 0 Å². The number of hydrogen-bond acceptors (Lipinski definition) is 1. The molecule has 16 heavy (non-hydrogen) atoms. The minimum atomic E-state index is -0.416. The molecule has 0 aliphatic carbocycles. The first-order chi connectivity index (χ1) is 7.62. The highest BCUT2D eigenvalue weighted by atomic mass is 16.3. The van der Waals surface area contributed by atoms with E-state index in [1.165, 1.54) is 5.56 Å². The third-order valence-corrected chi connectivity index (χ3v) is 3.57. The Morgan fingerprint density at radius 1 is 1.38 bits per heavy atom. The maximum absolute atomic E-state index is 9.94. The van der Waals surface area contributed by atoms with E-state index in [-0.39, 0.29) is 5.41 Å². The second kappa shape index (κ2) is 5.86. The van der Waals surface area contributed by atoms with Crippen LogP contribution in [-0.2, 0) is 6.42 Å². The maximum Gasteiger partial charge on any atom is 0.0771 e. The molecule has 1 aromatic rings. The number of benzene rings is 1. The Morgan fingerprint density at radius 3 is 2.50 bits per heavy atom. The van der Waals surface area contributed by atoms with Crippen LogP contribution in [0.3, 0.4) is 0 Å². The van der Waals surface area contributed by atoms with Crippen molar-refractivity contribution in [3.8, 4) is 0 Å². The van der Waals surface area contributed by atoms with Crippen molar-refractivity contribution < 1.29 is 5.11 Å². The van der Waals surface area contributed by atoms with E-state index in [4.69, 9.17) is 0 Å². The van der Waals surface area contributed by atoms with Crippen LogP contribution >= 0.6 is 0 Å². The van der Waals surface area contributed by atoms with E-state index >= 15 is 0 Å². The van der Waals surface area contributed by atoms with Crippen LogP contribution in [0.2, 0.25) is 0 Å². The molecule has 0 aliphatic heterocycles. The predicted octanol–water partition coefficient (Wildman–Crippen LogP) is 3.58. The zero-order valence-corrected chi connectivity index (χ0v) is 10.3. The van der Waals surface area contributed by atoms with Gasteiger partial charge in [0.05, 0.1) is 6.10 Å². The summed E-state index contributed by atoms with van der Waals surface area (Å²) >= 11 is 0. The number of aliphatic hydroxyl groups is 1. The van der Waals surface area contributed by atoms with Gasteiger partial charge in [-0.1, -0.05) is 50.3 Å². The second-order valence-electron chi connectivity index (χ2n) is 4.67. The summed E-state index contributed by atoms with van der Waals surface area (Å²) in [6.07, 6.45) is 4.19. The van der Waals surface area contributed by atoms with E-state index in [9.17, 15) is 5.11 Å². The maximum atomic E-state index is 9.94. The van der Waals surface area contributed by atoms with Crippen molar-refractivity contribution in [3.05, 3.63) is 48.6 Å². The largest absolute Gasteiger partial charge is 0.388 e. The van der Waals surface area contributed by atoms with Crippen LogP contribution < -0.4 is 0 Å². The molecule has 0 fully saturated rings. The molecule has 1 aromatic carbocycles. The molecule has 0 saturated heterocycles. The number of aryl methyl sites for hydroxylation is 1. The molecule has 0 radical (unpaired) electrons. The first kappa shape index (κ1) is 13.0. The van der Waals surface area contributed by atoms with E-state index in [0.717, 1.165) is 19.3 Å². The van der Waals surface area contributed by atoms with Gasteiger partial charge in [0.1, 0.15) is 0 Å². The molecule has 0 heterocycles. The molecule has 0 spiro atoms. The standard InChI is InChI=1S/C15H22O/c1-4-14(16)15(3,5-2)12-11-13-9-7-6-8-10-13/h4,6-10,14,16H,1,5,11-12H2,2-3H3/t14?,15-/m0/s1. The Balaban J connectivity index is 2.61. The van der Waals surface area contributed by atoms with Crippen molar-refractivity contribution in [1.82, 2.24) is 0 Å². The first-order valence-electron chi connectivity index (χ1n) is 5.97. The minimum absolute atomic E-state index is 0.0579. The van der Waals surface area contributed by atoms with E-state index < -0.39 is 6.10 Å². The first-order valence-corrected chi connectivity index (χ1v) is 5.97. The van der Waals surface area contributed by atoms with Crippen LogP contribution in [0, 0.1) is 5.41 Å². The van der Waals surface area contributed by atoms with Crippen molar-refractivity contribution in [2.45, 2.75) is 39.2 Å². The molecule has 1 rings (SSSR count). The van der Waals surface area contributed by atoms with Gasteiger partial charge in [-0.2, -0.15) is 0 Å². The summed E-state index contributed by atoms with van der Waals surface area (Å²) < 4.78 is 0. The van der Waals surface area contributed by atoms with Crippen molar-refractivity contribution in [3.63, 3.8) is 0 Å². The third kappa shape index (κ3) is 3.21. The van der Waals surface area contributed by atoms with Gasteiger partial charge in [-0.3, -0.25) is 0 Å². The monoisotopic (exact) mass is 218 g/mol. The van der Waals surface area contributed by atoms with Gasteiger partial charge in [0.25, 0.3) is 0 Å². The highest BCUT2D eigenvalue weighted by Gasteiger charge is 2.28. The lowest BCUT2D eigenvalue weighted by molar-refractivity contribution is 0.0654. The highest BCUT2D eigenvalue weighted by Crippen LogP contribution is 2.32. The summed E-state index contributed by atoms with van der Waals surface area (Å²) in [4.78, 5) is 0. The predicted molar refractivity (Wildman–Crippen MR) is 69.4 cm³/mol. The molecule has 0 aliphatic rings. The third-order valence-electron chi connectivity index (χ3n) is 3.57. The summed E-state index contributed by atoms with van der Waals surface area (Å²) in [6.45, 7) is 7.93. The van der Waals surface area contributed by atoms with Crippen LogP contribution in [0.5, 0.6) is 0 Å². The fraction of sp³-hybridized carbons (Fsp3) is 0.467. The van der Waals surface area contributed by atoms with E-state index in [2.05, 4.69) is 44.7 Å². The molecule has 0 amide bonds. The Hall–Kier alpha value is -1.08. The lowest BCUT2D eigenvalue weighted by Crippen LogP contribution is -2.30. The van der Waals surface area contributed by atoms with Gasteiger partial charge in [0.2, 0.25) is 0 Å². The molecular formula is C15H22O. The fourth-order valence-electron chi connectivity index (χ4n) is 1.89. The summed E-state index contributed by atoms with van der Waals surface area (Å²) in [6, 6.07) is 10.4. The van der Waals surface area contributed by atoms with Crippen molar-refractivity contribution in [2.24, 2.45) is 5.41 Å². The molecular weight excluding hydrogens is 196 g/mol. The summed E-state index contributed by atoms with van der Waals surface area (Å²) in [5.74, 6) is 0. The van der Waals surface area contributed by atoms with Gasteiger partial charge >= 0.3 is 0 Å². The van der Waals surface area contributed by atoms with E-state index in [1.807, 2.05) is 6.07 Å². The Labute approximate surface area is 98.8 Å². The lowest BCUT2D eigenvalue weighted by Gasteiger charge is -2.32. The summed E-state index contributed by atoms with van der Waals surface area (Å²) in [5.41, 5.74) is 1.27. The van der Waals surface area contributed by atoms with Crippen LogP contribution in [0.1, 0.15) is 32.3 Å².